The molecule has 0 atom stereocenters. The first-order valence-electron chi connectivity index (χ1n) is 6.60. The molecule has 0 saturated heterocycles. The summed E-state index contributed by atoms with van der Waals surface area (Å²) in [4.78, 5) is 0.184. The van der Waals surface area contributed by atoms with Crippen molar-refractivity contribution in [2.75, 3.05) is 11.3 Å². The van der Waals surface area contributed by atoms with Gasteiger partial charge in [0.05, 0.1) is 11.5 Å². The molecule has 0 amide bonds. The van der Waals surface area contributed by atoms with Gasteiger partial charge in [0, 0.05) is 12.2 Å². The first-order valence-corrected chi connectivity index (χ1v) is 8.08. The molecule has 3 N–H and O–H groups in total. The van der Waals surface area contributed by atoms with Gasteiger partial charge in [-0.1, -0.05) is 12.1 Å². The van der Waals surface area contributed by atoms with Gasteiger partial charge in [-0.25, -0.2) is 8.42 Å². The second-order valence-corrected chi connectivity index (χ2v) is 6.10. The molecule has 0 fully saturated rings. The van der Waals surface area contributed by atoms with E-state index >= 15 is 0 Å². The molecule has 0 aliphatic carbocycles. The van der Waals surface area contributed by atoms with Crippen molar-refractivity contribution < 1.29 is 13.2 Å². The summed E-state index contributed by atoms with van der Waals surface area (Å²) in [7, 11) is -3.62. The van der Waals surface area contributed by atoms with E-state index in [1.807, 2.05) is 13.0 Å². The van der Waals surface area contributed by atoms with Crippen LogP contribution in [0.4, 0.5) is 5.69 Å². The lowest BCUT2D eigenvalue weighted by Gasteiger charge is -2.10. The molecule has 2 aromatic rings. The summed E-state index contributed by atoms with van der Waals surface area (Å²) in [6.07, 6.45) is 0. The van der Waals surface area contributed by atoms with Crippen molar-refractivity contribution in [3.8, 4) is 5.75 Å². The van der Waals surface area contributed by atoms with Crippen LogP contribution < -0.4 is 15.2 Å². The largest absolute Gasteiger partial charge is 0.494 e. The zero-order valence-electron chi connectivity index (χ0n) is 11.7. The topological polar surface area (TPSA) is 81.4 Å². The fraction of sp³-hybridized carbons (Fsp3) is 0.200. The molecule has 5 nitrogen and oxygen atoms in total. The highest BCUT2D eigenvalue weighted by Gasteiger charge is 2.14. The number of anilines is 1. The van der Waals surface area contributed by atoms with Gasteiger partial charge in [-0.05, 0) is 48.9 Å². The van der Waals surface area contributed by atoms with E-state index in [-0.39, 0.29) is 4.90 Å². The first-order chi connectivity index (χ1) is 10.0. The first kappa shape index (κ1) is 15.3. The van der Waals surface area contributed by atoms with Gasteiger partial charge in [-0.2, -0.15) is 0 Å². The Morgan fingerprint density at radius 2 is 1.86 bits per heavy atom. The highest BCUT2D eigenvalue weighted by molar-refractivity contribution is 7.92. The summed E-state index contributed by atoms with van der Waals surface area (Å²) < 4.78 is 32.4. The van der Waals surface area contributed by atoms with Crippen molar-refractivity contribution in [3.63, 3.8) is 0 Å². The molecular weight excluding hydrogens is 288 g/mol. The normalized spacial score (nSPS) is 11.1. The molecule has 0 heterocycles. The van der Waals surface area contributed by atoms with Gasteiger partial charge in [0.15, 0.2) is 0 Å². The van der Waals surface area contributed by atoms with E-state index in [9.17, 15) is 8.42 Å². The van der Waals surface area contributed by atoms with Gasteiger partial charge in [0.25, 0.3) is 10.0 Å². The molecule has 0 aromatic heterocycles. The molecular formula is C15H18N2O3S. The average molecular weight is 306 g/mol. The van der Waals surface area contributed by atoms with Crippen LogP contribution in [0.1, 0.15) is 12.5 Å². The number of sulfonamides is 1. The standard InChI is InChI=1S/C15H18N2O3S/c1-2-20-14-6-8-15(9-7-14)21(18,19)17-13-5-3-4-12(10-13)11-16/h3-10,17H,2,11,16H2,1H3. The lowest BCUT2D eigenvalue weighted by Crippen LogP contribution is -2.13. The SMILES string of the molecule is CCOc1ccc(S(=O)(=O)Nc2cccc(CN)c2)cc1. The molecule has 2 rings (SSSR count). The fourth-order valence-corrected chi connectivity index (χ4v) is 2.91. The van der Waals surface area contributed by atoms with Gasteiger partial charge in [-0.15, -0.1) is 0 Å². The molecule has 0 bridgehead atoms. The number of ether oxygens (including phenoxy) is 1. The van der Waals surface area contributed by atoms with Crippen LogP contribution in [-0.4, -0.2) is 15.0 Å². The van der Waals surface area contributed by atoms with Gasteiger partial charge in [0.2, 0.25) is 0 Å². The third-order valence-corrected chi connectivity index (χ3v) is 4.26. The average Bonchev–Trinajstić information content (AvgIpc) is 2.48. The monoisotopic (exact) mass is 306 g/mol. The van der Waals surface area contributed by atoms with Crippen molar-refractivity contribution in [2.45, 2.75) is 18.4 Å². The van der Waals surface area contributed by atoms with E-state index < -0.39 is 10.0 Å². The minimum Gasteiger partial charge on any atom is -0.494 e. The third-order valence-electron chi connectivity index (χ3n) is 2.86. The van der Waals surface area contributed by atoms with Gasteiger partial charge >= 0.3 is 0 Å². The Hall–Kier alpha value is -2.05. The third kappa shape index (κ3) is 3.96. The predicted molar refractivity (Wildman–Crippen MR) is 82.8 cm³/mol. The van der Waals surface area contributed by atoms with E-state index in [0.717, 1.165) is 5.56 Å². The van der Waals surface area contributed by atoms with Gasteiger partial charge < -0.3 is 10.5 Å². The number of nitrogens with one attached hydrogen (secondary N) is 1. The summed E-state index contributed by atoms with van der Waals surface area (Å²) in [5, 5.41) is 0. The van der Waals surface area contributed by atoms with E-state index in [0.29, 0.717) is 24.6 Å². The minimum atomic E-state index is -3.62. The zero-order valence-corrected chi connectivity index (χ0v) is 12.6. The van der Waals surface area contributed by atoms with Crippen molar-refractivity contribution in [2.24, 2.45) is 5.73 Å². The van der Waals surface area contributed by atoms with Crippen LogP contribution in [0, 0.1) is 0 Å². The Bertz CT molecular complexity index is 697. The molecule has 0 spiro atoms. The number of nitrogens with two attached hydrogens (primary N) is 1. The minimum absolute atomic E-state index is 0.184. The summed E-state index contributed by atoms with van der Waals surface area (Å²) in [6, 6.07) is 13.3. The van der Waals surface area contributed by atoms with Crippen LogP contribution in [0.2, 0.25) is 0 Å². The van der Waals surface area contributed by atoms with Crippen molar-refractivity contribution in [3.05, 3.63) is 54.1 Å². The Morgan fingerprint density at radius 1 is 1.14 bits per heavy atom. The van der Waals surface area contributed by atoms with Crippen LogP contribution in [-0.2, 0) is 16.6 Å². The zero-order chi connectivity index (χ0) is 15.3. The number of hydrogen-bond donors (Lipinski definition) is 2. The van der Waals surface area contributed by atoms with Crippen LogP contribution in [0.5, 0.6) is 5.75 Å². The molecule has 21 heavy (non-hydrogen) atoms. The Balaban J connectivity index is 2.21. The summed E-state index contributed by atoms with van der Waals surface area (Å²) in [5.41, 5.74) is 6.90. The molecule has 0 aliphatic heterocycles. The highest BCUT2D eigenvalue weighted by Crippen LogP contribution is 2.19. The number of benzene rings is 2. The maximum Gasteiger partial charge on any atom is 0.261 e. The van der Waals surface area contributed by atoms with Crippen LogP contribution >= 0.6 is 0 Å². The quantitative estimate of drug-likeness (QED) is 0.858. The maximum absolute atomic E-state index is 12.3. The lowest BCUT2D eigenvalue weighted by atomic mass is 10.2. The van der Waals surface area contributed by atoms with Crippen molar-refractivity contribution in [1.29, 1.82) is 0 Å². The summed E-state index contributed by atoms with van der Waals surface area (Å²) >= 11 is 0. The Morgan fingerprint density at radius 3 is 2.48 bits per heavy atom. The number of hydrogen-bond acceptors (Lipinski definition) is 4. The van der Waals surface area contributed by atoms with E-state index in [4.69, 9.17) is 10.5 Å². The Kier molecular flexibility index (Phi) is 4.82. The maximum atomic E-state index is 12.3. The summed E-state index contributed by atoms with van der Waals surface area (Å²) in [6.45, 7) is 2.77. The second-order valence-electron chi connectivity index (χ2n) is 4.41. The molecule has 0 radical (unpaired) electrons. The second kappa shape index (κ2) is 6.60. The van der Waals surface area contributed by atoms with Crippen LogP contribution in [0.25, 0.3) is 0 Å². The van der Waals surface area contributed by atoms with Crippen molar-refractivity contribution in [1.82, 2.24) is 0 Å². The van der Waals surface area contributed by atoms with Gasteiger partial charge in [-0.3, -0.25) is 4.72 Å². The van der Waals surface area contributed by atoms with E-state index in [1.54, 1.807) is 30.3 Å². The van der Waals surface area contributed by atoms with Crippen molar-refractivity contribution >= 4 is 15.7 Å². The lowest BCUT2D eigenvalue weighted by molar-refractivity contribution is 0.340. The van der Waals surface area contributed by atoms with Gasteiger partial charge in [0.1, 0.15) is 5.75 Å². The highest BCUT2D eigenvalue weighted by atomic mass is 32.2. The molecule has 0 saturated carbocycles. The molecule has 0 aliphatic rings. The molecule has 6 heteroatoms. The van der Waals surface area contributed by atoms with Crippen LogP contribution in [0.3, 0.4) is 0 Å². The predicted octanol–water partition coefficient (Wildman–Crippen LogP) is 2.34. The smallest absolute Gasteiger partial charge is 0.261 e. The molecule has 2 aromatic carbocycles. The number of rotatable bonds is 6. The molecule has 0 unspecified atom stereocenters. The summed E-state index contributed by atoms with van der Waals surface area (Å²) in [5.74, 6) is 0.640. The van der Waals surface area contributed by atoms with Crippen LogP contribution in [0.15, 0.2) is 53.4 Å². The van der Waals surface area contributed by atoms with E-state index in [2.05, 4.69) is 4.72 Å². The molecule has 112 valence electrons. The van der Waals surface area contributed by atoms with E-state index in [1.165, 1.54) is 12.1 Å². The Labute approximate surface area is 124 Å². The fourth-order valence-electron chi connectivity index (χ4n) is 1.86.